The van der Waals surface area contributed by atoms with Gasteiger partial charge in [0.05, 0.1) is 11.9 Å². The summed E-state index contributed by atoms with van der Waals surface area (Å²) in [4.78, 5) is 14.0. The molecular formula is C18H20N2O5S. The van der Waals surface area contributed by atoms with Gasteiger partial charge in [-0.25, -0.2) is 8.42 Å². The molecule has 3 rings (SSSR count). The number of ether oxygens (including phenoxy) is 2. The minimum atomic E-state index is -3.56. The van der Waals surface area contributed by atoms with E-state index in [4.69, 9.17) is 9.47 Å². The van der Waals surface area contributed by atoms with Gasteiger partial charge in [0.1, 0.15) is 0 Å². The molecule has 2 aromatic rings. The summed E-state index contributed by atoms with van der Waals surface area (Å²) >= 11 is 0. The van der Waals surface area contributed by atoms with E-state index in [-0.39, 0.29) is 25.7 Å². The number of amides is 1. The highest BCUT2D eigenvalue weighted by atomic mass is 32.2. The molecule has 138 valence electrons. The zero-order valence-corrected chi connectivity index (χ0v) is 15.4. The van der Waals surface area contributed by atoms with Crippen molar-refractivity contribution in [1.82, 2.24) is 0 Å². The zero-order chi connectivity index (χ0) is 18.7. The molecule has 0 atom stereocenters. The van der Waals surface area contributed by atoms with Gasteiger partial charge in [0.2, 0.25) is 22.7 Å². The van der Waals surface area contributed by atoms with Crippen molar-refractivity contribution in [3.8, 4) is 11.5 Å². The molecule has 0 bridgehead atoms. The number of benzene rings is 2. The lowest BCUT2D eigenvalue weighted by Crippen LogP contribution is -2.35. The Bertz CT molecular complexity index is 899. The van der Waals surface area contributed by atoms with Gasteiger partial charge in [0.15, 0.2) is 11.5 Å². The lowest BCUT2D eigenvalue weighted by Gasteiger charge is -2.24. The average molecular weight is 376 g/mol. The van der Waals surface area contributed by atoms with Crippen LogP contribution in [0.2, 0.25) is 0 Å². The Morgan fingerprint density at radius 3 is 2.42 bits per heavy atom. The monoisotopic (exact) mass is 376 g/mol. The van der Waals surface area contributed by atoms with Gasteiger partial charge in [-0.3, -0.25) is 9.10 Å². The number of carbonyl (C=O) groups excluding carboxylic acids is 1. The molecule has 0 fully saturated rings. The lowest BCUT2D eigenvalue weighted by molar-refractivity contribution is -0.118. The summed E-state index contributed by atoms with van der Waals surface area (Å²) in [5.41, 5.74) is 1.19. The van der Waals surface area contributed by atoms with E-state index < -0.39 is 10.0 Å². The molecule has 0 unspecified atom stereocenters. The summed E-state index contributed by atoms with van der Waals surface area (Å²) < 4.78 is 36.2. The summed E-state index contributed by atoms with van der Waals surface area (Å²) in [7, 11) is -1.89. The molecular weight excluding hydrogens is 356 g/mol. The lowest BCUT2D eigenvalue weighted by atomic mass is 10.2. The molecule has 1 aliphatic rings. The van der Waals surface area contributed by atoms with Crippen molar-refractivity contribution in [2.75, 3.05) is 35.8 Å². The number of nitrogens with zero attached hydrogens (tertiary/aromatic N) is 2. The van der Waals surface area contributed by atoms with E-state index in [1.807, 2.05) is 30.3 Å². The molecule has 1 amide bonds. The van der Waals surface area contributed by atoms with E-state index >= 15 is 0 Å². The number of anilines is 2. The van der Waals surface area contributed by atoms with Crippen molar-refractivity contribution in [1.29, 1.82) is 0 Å². The Kier molecular flexibility index (Phi) is 5.03. The number of hydrogen-bond acceptors (Lipinski definition) is 5. The molecule has 2 aromatic carbocycles. The third-order valence-electron chi connectivity index (χ3n) is 4.09. The van der Waals surface area contributed by atoms with Crippen LogP contribution in [0.4, 0.5) is 11.4 Å². The van der Waals surface area contributed by atoms with Crippen molar-refractivity contribution in [3.63, 3.8) is 0 Å². The first-order chi connectivity index (χ1) is 12.4. The van der Waals surface area contributed by atoms with Gasteiger partial charge in [-0.15, -0.1) is 0 Å². The van der Waals surface area contributed by atoms with Crippen LogP contribution in [0, 0.1) is 0 Å². The molecule has 0 saturated heterocycles. The average Bonchev–Trinajstić information content (AvgIpc) is 3.08. The van der Waals surface area contributed by atoms with Crippen LogP contribution in [0.1, 0.15) is 6.42 Å². The van der Waals surface area contributed by atoms with Gasteiger partial charge in [-0.2, -0.15) is 0 Å². The van der Waals surface area contributed by atoms with Crippen LogP contribution in [-0.2, 0) is 14.8 Å². The van der Waals surface area contributed by atoms with E-state index in [0.717, 1.165) is 11.9 Å². The molecule has 1 aliphatic heterocycles. The second-order valence-corrected chi connectivity index (χ2v) is 7.82. The number of rotatable bonds is 6. The number of sulfonamides is 1. The zero-order valence-electron chi connectivity index (χ0n) is 14.6. The first kappa shape index (κ1) is 18.1. The Labute approximate surface area is 152 Å². The number of para-hydroxylation sites is 1. The van der Waals surface area contributed by atoms with Crippen LogP contribution < -0.4 is 18.7 Å². The van der Waals surface area contributed by atoms with E-state index in [9.17, 15) is 13.2 Å². The fraction of sp³-hybridized carbons (Fsp3) is 0.278. The van der Waals surface area contributed by atoms with E-state index in [0.29, 0.717) is 17.2 Å². The van der Waals surface area contributed by atoms with Gasteiger partial charge in [0, 0.05) is 31.8 Å². The fourth-order valence-electron chi connectivity index (χ4n) is 2.69. The Morgan fingerprint density at radius 1 is 1.04 bits per heavy atom. The maximum absolute atomic E-state index is 12.5. The molecule has 0 aliphatic carbocycles. The Morgan fingerprint density at radius 2 is 1.73 bits per heavy atom. The van der Waals surface area contributed by atoms with Crippen molar-refractivity contribution in [2.45, 2.75) is 6.42 Å². The SMILES string of the molecule is CN(C(=O)CCN(c1ccc2c(c1)OCO2)S(C)(=O)=O)c1ccccc1. The van der Waals surface area contributed by atoms with Gasteiger partial charge in [-0.1, -0.05) is 18.2 Å². The molecule has 0 spiro atoms. The molecule has 1 heterocycles. The van der Waals surface area contributed by atoms with Crippen LogP contribution in [0.3, 0.4) is 0 Å². The maximum atomic E-state index is 12.5. The summed E-state index contributed by atoms with van der Waals surface area (Å²) in [6.45, 7) is 0.145. The van der Waals surface area contributed by atoms with Gasteiger partial charge in [0.25, 0.3) is 0 Å². The van der Waals surface area contributed by atoms with Crippen LogP contribution in [0.25, 0.3) is 0 Å². The molecule has 26 heavy (non-hydrogen) atoms. The number of hydrogen-bond donors (Lipinski definition) is 0. The molecule has 7 nitrogen and oxygen atoms in total. The summed E-state index contributed by atoms with van der Waals surface area (Å²) in [5, 5.41) is 0. The van der Waals surface area contributed by atoms with Crippen LogP contribution in [0.15, 0.2) is 48.5 Å². The second kappa shape index (κ2) is 7.25. The van der Waals surface area contributed by atoms with Crippen molar-refractivity contribution in [2.24, 2.45) is 0 Å². The fourth-order valence-corrected chi connectivity index (χ4v) is 3.61. The number of carbonyl (C=O) groups is 1. The van der Waals surface area contributed by atoms with E-state index in [2.05, 4.69) is 0 Å². The highest BCUT2D eigenvalue weighted by molar-refractivity contribution is 7.92. The van der Waals surface area contributed by atoms with E-state index in [1.165, 1.54) is 9.21 Å². The Hall–Kier alpha value is -2.74. The molecule has 0 aromatic heterocycles. The normalized spacial score (nSPS) is 12.7. The predicted octanol–water partition coefficient (Wildman–Crippen LogP) is 2.23. The first-order valence-electron chi connectivity index (χ1n) is 8.05. The minimum absolute atomic E-state index is 0.0362. The smallest absolute Gasteiger partial charge is 0.232 e. The number of fused-ring (bicyclic) bond motifs is 1. The largest absolute Gasteiger partial charge is 0.454 e. The summed E-state index contributed by atoms with van der Waals surface area (Å²) in [5.74, 6) is 0.886. The minimum Gasteiger partial charge on any atom is -0.454 e. The second-order valence-electron chi connectivity index (χ2n) is 5.91. The third-order valence-corrected chi connectivity index (χ3v) is 5.28. The predicted molar refractivity (Wildman–Crippen MR) is 99.2 cm³/mol. The third kappa shape index (κ3) is 3.91. The van der Waals surface area contributed by atoms with Crippen LogP contribution in [0.5, 0.6) is 11.5 Å². The molecule has 0 N–H and O–H groups in total. The van der Waals surface area contributed by atoms with Gasteiger partial charge < -0.3 is 14.4 Å². The topological polar surface area (TPSA) is 76.2 Å². The molecule has 0 saturated carbocycles. The van der Waals surface area contributed by atoms with Gasteiger partial charge in [-0.05, 0) is 24.3 Å². The Balaban J connectivity index is 1.75. The standard InChI is InChI=1S/C18H20N2O5S/c1-19(14-6-4-3-5-7-14)18(21)10-11-20(26(2,22)23)15-8-9-16-17(12-15)25-13-24-16/h3-9,12H,10-11,13H2,1-2H3. The highest BCUT2D eigenvalue weighted by Crippen LogP contribution is 2.36. The quantitative estimate of drug-likeness (QED) is 0.773. The summed E-state index contributed by atoms with van der Waals surface area (Å²) in [6.07, 6.45) is 1.16. The maximum Gasteiger partial charge on any atom is 0.232 e. The van der Waals surface area contributed by atoms with Crippen LogP contribution in [-0.4, -0.2) is 41.0 Å². The highest BCUT2D eigenvalue weighted by Gasteiger charge is 2.23. The van der Waals surface area contributed by atoms with Gasteiger partial charge >= 0.3 is 0 Å². The first-order valence-corrected chi connectivity index (χ1v) is 9.90. The summed E-state index contributed by atoms with van der Waals surface area (Å²) in [6, 6.07) is 14.1. The van der Waals surface area contributed by atoms with Crippen molar-refractivity contribution >= 4 is 27.3 Å². The van der Waals surface area contributed by atoms with Crippen molar-refractivity contribution in [3.05, 3.63) is 48.5 Å². The molecule has 8 heteroatoms. The van der Waals surface area contributed by atoms with Crippen molar-refractivity contribution < 1.29 is 22.7 Å². The molecule has 0 radical (unpaired) electrons. The van der Waals surface area contributed by atoms with Crippen LogP contribution >= 0.6 is 0 Å². The van der Waals surface area contributed by atoms with E-state index in [1.54, 1.807) is 25.2 Å².